The molecule has 0 aliphatic carbocycles. The number of methoxy groups -OCH3 is 1. The van der Waals surface area contributed by atoms with Gasteiger partial charge in [0, 0.05) is 17.3 Å². The molecule has 0 unspecified atom stereocenters. The van der Waals surface area contributed by atoms with E-state index in [1.807, 2.05) is 23.6 Å². The van der Waals surface area contributed by atoms with Crippen LogP contribution in [-0.4, -0.2) is 17.9 Å². The predicted molar refractivity (Wildman–Crippen MR) is 75.7 cm³/mol. The van der Waals surface area contributed by atoms with Crippen LogP contribution >= 0.6 is 23.1 Å². The number of aromatic nitrogens is 1. The second-order valence-electron chi connectivity index (χ2n) is 3.53. The van der Waals surface area contributed by atoms with Crippen molar-refractivity contribution in [2.45, 2.75) is 10.1 Å². The summed E-state index contributed by atoms with van der Waals surface area (Å²) in [5.74, 6) is 1.48. The van der Waals surface area contributed by atoms with Crippen LogP contribution in [0.4, 0.5) is 0 Å². The van der Waals surface area contributed by atoms with Gasteiger partial charge in [-0.15, -0.1) is 11.3 Å². The van der Waals surface area contributed by atoms with E-state index >= 15 is 0 Å². The summed E-state index contributed by atoms with van der Waals surface area (Å²) in [5.41, 5.74) is 7.23. The van der Waals surface area contributed by atoms with Gasteiger partial charge in [-0.2, -0.15) is 0 Å². The van der Waals surface area contributed by atoms with Gasteiger partial charge in [0.2, 0.25) is 0 Å². The number of benzene rings is 1. The van der Waals surface area contributed by atoms with Crippen LogP contribution in [0.25, 0.3) is 0 Å². The van der Waals surface area contributed by atoms with Gasteiger partial charge in [0.05, 0.1) is 12.7 Å². The average Bonchev–Trinajstić information content (AvgIpc) is 2.88. The molecule has 18 heavy (non-hydrogen) atoms. The first-order valence-electron chi connectivity index (χ1n) is 5.24. The molecule has 0 aliphatic rings. The Morgan fingerprint density at radius 3 is 3.00 bits per heavy atom. The maximum Gasteiger partial charge on any atom is 0.150 e. The van der Waals surface area contributed by atoms with Gasteiger partial charge in [0.1, 0.15) is 15.9 Å². The van der Waals surface area contributed by atoms with Crippen molar-refractivity contribution in [1.29, 1.82) is 5.41 Å². The topological polar surface area (TPSA) is 72.0 Å². The van der Waals surface area contributed by atoms with Gasteiger partial charge in [0.15, 0.2) is 0 Å². The summed E-state index contributed by atoms with van der Waals surface area (Å²) >= 11 is 3.31. The number of nitrogen functional groups attached to an aromatic ring is 1. The highest BCUT2D eigenvalue weighted by Crippen LogP contribution is 2.27. The molecule has 94 valence electrons. The highest BCUT2D eigenvalue weighted by Gasteiger charge is 2.07. The van der Waals surface area contributed by atoms with Crippen molar-refractivity contribution in [3.63, 3.8) is 0 Å². The largest absolute Gasteiger partial charge is 0.496 e. The average molecular weight is 279 g/mol. The van der Waals surface area contributed by atoms with E-state index in [9.17, 15) is 0 Å². The maximum atomic E-state index is 7.45. The van der Waals surface area contributed by atoms with Gasteiger partial charge in [0.25, 0.3) is 0 Å². The lowest BCUT2D eigenvalue weighted by atomic mass is 10.1. The molecule has 6 heteroatoms. The van der Waals surface area contributed by atoms with E-state index in [0.717, 1.165) is 15.7 Å². The third-order valence-corrected chi connectivity index (χ3v) is 4.37. The number of nitrogens with one attached hydrogen (secondary N) is 1. The number of thiazole rings is 1. The standard InChI is InChI=1S/C12H13N3OS2/c1-16-10-6-8(2-3-9(10)11(13)14)7-18-12-15-4-5-17-12/h2-6H,7H2,1H3,(H3,13,14). The zero-order valence-corrected chi connectivity index (χ0v) is 11.5. The Kier molecular flexibility index (Phi) is 4.22. The van der Waals surface area contributed by atoms with Crippen LogP contribution in [0, 0.1) is 5.41 Å². The summed E-state index contributed by atoms with van der Waals surface area (Å²) in [6.07, 6.45) is 1.80. The molecule has 1 aromatic heterocycles. The highest BCUT2D eigenvalue weighted by atomic mass is 32.2. The maximum absolute atomic E-state index is 7.45. The molecule has 2 rings (SSSR count). The minimum Gasteiger partial charge on any atom is -0.496 e. The second-order valence-corrected chi connectivity index (χ2v) is 5.65. The van der Waals surface area contributed by atoms with Crippen LogP contribution in [0.2, 0.25) is 0 Å². The Bertz CT molecular complexity index is 540. The molecular formula is C12H13N3OS2. The Hall–Kier alpha value is -1.53. The quantitative estimate of drug-likeness (QED) is 0.501. The predicted octanol–water partition coefficient (Wildman–Crippen LogP) is 2.73. The molecule has 0 radical (unpaired) electrons. The van der Waals surface area contributed by atoms with Gasteiger partial charge in [-0.3, -0.25) is 5.41 Å². The summed E-state index contributed by atoms with van der Waals surface area (Å²) in [5, 5.41) is 9.41. The molecule has 0 atom stereocenters. The van der Waals surface area contributed by atoms with Gasteiger partial charge in [-0.05, 0) is 17.7 Å². The Labute approximate surface area is 114 Å². The Morgan fingerprint density at radius 2 is 2.39 bits per heavy atom. The van der Waals surface area contributed by atoms with E-state index in [4.69, 9.17) is 15.9 Å². The molecule has 1 heterocycles. The fourth-order valence-electron chi connectivity index (χ4n) is 1.47. The van der Waals surface area contributed by atoms with Crippen LogP contribution in [0.1, 0.15) is 11.1 Å². The summed E-state index contributed by atoms with van der Waals surface area (Å²) in [7, 11) is 1.58. The number of amidine groups is 1. The monoisotopic (exact) mass is 279 g/mol. The molecule has 0 bridgehead atoms. The molecule has 0 saturated heterocycles. The van der Waals surface area contributed by atoms with Crippen molar-refractivity contribution in [3.8, 4) is 5.75 Å². The second kappa shape index (κ2) is 5.88. The number of thioether (sulfide) groups is 1. The van der Waals surface area contributed by atoms with Gasteiger partial charge in [-0.1, -0.05) is 17.8 Å². The van der Waals surface area contributed by atoms with E-state index in [1.54, 1.807) is 36.4 Å². The van der Waals surface area contributed by atoms with E-state index in [1.165, 1.54) is 0 Å². The molecule has 3 N–H and O–H groups in total. The SMILES string of the molecule is COc1cc(CSc2nccs2)ccc1C(=N)N. The fourth-order valence-corrected chi connectivity index (χ4v) is 3.06. The molecule has 4 nitrogen and oxygen atoms in total. The Morgan fingerprint density at radius 1 is 1.56 bits per heavy atom. The lowest BCUT2D eigenvalue weighted by molar-refractivity contribution is 0.413. The van der Waals surface area contributed by atoms with Crippen molar-refractivity contribution in [1.82, 2.24) is 4.98 Å². The highest BCUT2D eigenvalue weighted by molar-refractivity contribution is 8.00. The lowest BCUT2D eigenvalue weighted by Gasteiger charge is -2.09. The molecule has 0 aliphatic heterocycles. The van der Waals surface area contributed by atoms with Crippen molar-refractivity contribution in [2.75, 3.05) is 7.11 Å². The zero-order valence-electron chi connectivity index (χ0n) is 9.84. The molecular weight excluding hydrogens is 266 g/mol. The van der Waals surface area contributed by atoms with E-state index < -0.39 is 0 Å². The summed E-state index contributed by atoms with van der Waals surface area (Å²) in [6.45, 7) is 0. The van der Waals surface area contributed by atoms with E-state index in [2.05, 4.69) is 4.98 Å². The van der Waals surface area contributed by atoms with Crippen molar-refractivity contribution >= 4 is 28.9 Å². The number of nitrogens with zero attached hydrogens (tertiary/aromatic N) is 1. The molecule has 1 aromatic carbocycles. The first-order chi connectivity index (χ1) is 8.70. The Balaban J connectivity index is 2.12. The van der Waals surface area contributed by atoms with Gasteiger partial charge >= 0.3 is 0 Å². The van der Waals surface area contributed by atoms with Crippen molar-refractivity contribution in [2.24, 2.45) is 5.73 Å². The van der Waals surface area contributed by atoms with Crippen LogP contribution in [0.15, 0.2) is 34.1 Å². The van der Waals surface area contributed by atoms with Crippen molar-refractivity contribution < 1.29 is 4.74 Å². The summed E-state index contributed by atoms with van der Waals surface area (Å²) in [6, 6.07) is 5.69. The van der Waals surface area contributed by atoms with Crippen molar-refractivity contribution in [3.05, 3.63) is 40.9 Å². The molecule has 0 amide bonds. The van der Waals surface area contributed by atoms with Gasteiger partial charge in [-0.25, -0.2) is 4.98 Å². The number of ether oxygens (including phenoxy) is 1. The normalized spacial score (nSPS) is 10.3. The summed E-state index contributed by atoms with van der Waals surface area (Å²) in [4.78, 5) is 4.22. The molecule has 0 spiro atoms. The van der Waals surface area contributed by atoms with E-state index in [-0.39, 0.29) is 5.84 Å². The molecule has 0 saturated carbocycles. The summed E-state index contributed by atoms with van der Waals surface area (Å²) < 4.78 is 6.29. The van der Waals surface area contributed by atoms with Gasteiger partial charge < -0.3 is 10.5 Å². The molecule has 0 fully saturated rings. The minimum absolute atomic E-state index is 0.0194. The molecule has 2 aromatic rings. The van der Waals surface area contributed by atoms with Crippen LogP contribution in [0.3, 0.4) is 0 Å². The number of nitrogens with two attached hydrogens (primary N) is 1. The third kappa shape index (κ3) is 3.02. The van der Waals surface area contributed by atoms with Crippen LogP contribution in [0.5, 0.6) is 5.75 Å². The third-order valence-electron chi connectivity index (χ3n) is 2.33. The number of rotatable bonds is 5. The fraction of sp³-hybridized carbons (Fsp3) is 0.167. The van der Waals surface area contributed by atoms with Crippen LogP contribution < -0.4 is 10.5 Å². The number of hydrogen-bond acceptors (Lipinski definition) is 5. The zero-order chi connectivity index (χ0) is 13.0. The first-order valence-corrected chi connectivity index (χ1v) is 7.11. The van der Waals surface area contributed by atoms with E-state index in [0.29, 0.717) is 11.3 Å². The minimum atomic E-state index is 0.0194. The lowest BCUT2D eigenvalue weighted by Crippen LogP contribution is -2.12. The first kappa shape index (κ1) is 12.9. The smallest absolute Gasteiger partial charge is 0.150 e. The van der Waals surface area contributed by atoms with Crippen LogP contribution in [-0.2, 0) is 5.75 Å². The number of hydrogen-bond donors (Lipinski definition) is 2.